The van der Waals surface area contributed by atoms with Gasteiger partial charge in [-0.25, -0.2) is 14.6 Å². The lowest BCUT2D eigenvalue weighted by Crippen LogP contribution is -2.09. The largest absolute Gasteiger partial charge is 0.497 e. The number of hydrogen-bond acceptors (Lipinski definition) is 9. The number of benzene rings is 3. The third-order valence-corrected chi connectivity index (χ3v) is 5.34. The smallest absolute Gasteiger partial charge is 0.363 e. The van der Waals surface area contributed by atoms with Crippen molar-refractivity contribution in [1.82, 2.24) is 0 Å². The Labute approximate surface area is 206 Å². The van der Waals surface area contributed by atoms with Crippen molar-refractivity contribution >= 4 is 23.9 Å². The zero-order valence-corrected chi connectivity index (χ0v) is 19.5. The number of fused-ring (bicyclic) bond motifs is 1. The molecular weight excluding hydrogens is 466 g/mol. The molecule has 0 saturated heterocycles. The summed E-state index contributed by atoms with van der Waals surface area (Å²) in [4.78, 5) is 29.4. The number of aliphatic imine (C=N–C) groups is 1. The van der Waals surface area contributed by atoms with Gasteiger partial charge in [0.15, 0.2) is 28.7 Å². The van der Waals surface area contributed by atoms with Crippen LogP contribution >= 0.6 is 0 Å². The molecule has 0 spiro atoms. The second kappa shape index (κ2) is 9.83. The zero-order chi connectivity index (χ0) is 25.1. The standard InChI is InChI=1S/C27H21NO8/c1-3-32-23-13-16(12-20-27(30)36-25(28-20)17-5-8-19(31-2)9-6-17)4-10-22(23)35-26(29)18-7-11-21-24(14-18)34-15-33-21/h4-14H,3,15H2,1-2H3/b20-12-. The van der Waals surface area contributed by atoms with Crippen LogP contribution in [-0.4, -0.2) is 38.3 Å². The molecule has 0 N–H and O–H groups in total. The molecule has 0 saturated carbocycles. The van der Waals surface area contributed by atoms with E-state index in [0.717, 1.165) is 0 Å². The van der Waals surface area contributed by atoms with Crippen molar-refractivity contribution in [1.29, 1.82) is 0 Å². The van der Waals surface area contributed by atoms with Gasteiger partial charge in [0.25, 0.3) is 0 Å². The molecule has 182 valence electrons. The summed E-state index contributed by atoms with van der Waals surface area (Å²) in [6.45, 7) is 2.27. The third kappa shape index (κ3) is 4.72. The van der Waals surface area contributed by atoms with E-state index in [1.54, 1.807) is 73.8 Å². The van der Waals surface area contributed by atoms with Gasteiger partial charge in [0.05, 0.1) is 19.3 Å². The van der Waals surface area contributed by atoms with E-state index < -0.39 is 11.9 Å². The molecule has 0 aliphatic carbocycles. The highest BCUT2D eigenvalue weighted by atomic mass is 16.7. The molecule has 0 atom stereocenters. The van der Waals surface area contributed by atoms with Gasteiger partial charge in [-0.05, 0) is 73.2 Å². The third-order valence-electron chi connectivity index (χ3n) is 5.34. The maximum Gasteiger partial charge on any atom is 0.363 e. The van der Waals surface area contributed by atoms with Gasteiger partial charge >= 0.3 is 11.9 Å². The molecule has 0 bridgehead atoms. The predicted molar refractivity (Wildman–Crippen MR) is 129 cm³/mol. The van der Waals surface area contributed by atoms with E-state index >= 15 is 0 Å². The van der Waals surface area contributed by atoms with Crippen molar-refractivity contribution < 1.29 is 38.0 Å². The Bertz CT molecular complexity index is 1390. The van der Waals surface area contributed by atoms with Crippen LogP contribution in [0.4, 0.5) is 0 Å². The van der Waals surface area contributed by atoms with E-state index in [9.17, 15) is 9.59 Å². The molecule has 9 nitrogen and oxygen atoms in total. The maximum absolute atomic E-state index is 12.7. The monoisotopic (exact) mass is 487 g/mol. The van der Waals surface area contributed by atoms with Crippen LogP contribution in [0.5, 0.6) is 28.7 Å². The quantitative estimate of drug-likeness (QED) is 0.275. The van der Waals surface area contributed by atoms with Gasteiger partial charge in [-0.3, -0.25) is 0 Å². The minimum absolute atomic E-state index is 0.110. The number of methoxy groups -OCH3 is 1. The molecule has 2 heterocycles. The van der Waals surface area contributed by atoms with Gasteiger partial charge in [0.2, 0.25) is 12.7 Å². The molecular formula is C27H21NO8. The Hall–Kier alpha value is -4.79. The fourth-order valence-corrected chi connectivity index (χ4v) is 3.57. The minimum atomic E-state index is -0.575. The van der Waals surface area contributed by atoms with Crippen molar-refractivity contribution in [3.63, 3.8) is 0 Å². The Balaban J connectivity index is 1.37. The highest BCUT2D eigenvalue weighted by Crippen LogP contribution is 2.34. The van der Waals surface area contributed by atoms with Gasteiger partial charge in [0.1, 0.15) is 5.75 Å². The van der Waals surface area contributed by atoms with Crippen LogP contribution in [0.1, 0.15) is 28.4 Å². The Kier molecular flexibility index (Phi) is 6.27. The lowest BCUT2D eigenvalue weighted by Gasteiger charge is -2.11. The van der Waals surface area contributed by atoms with Gasteiger partial charge in [-0.15, -0.1) is 0 Å². The van der Waals surface area contributed by atoms with Crippen molar-refractivity contribution in [2.45, 2.75) is 6.92 Å². The lowest BCUT2D eigenvalue weighted by molar-refractivity contribution is -0.129. The molecule has 2 aliphatic rings. The van der Waals surface area contributed by atoms with E-state index in [4.69, 9.17) is 28.4 Å². The molecule has 9 heteroatoms. The normalized spacial score (nSPS) is 14.9. The van der Waals surface area contributed by atoms with Gasteiger partial charge in [0, 0.05) is 5.56 Å². The van der Waals surface area contributed by atoms with Crippen LogP contribution in [0.3, 0.4) is 0 Å². The second-order valence-corrected chi connectivity index (χ2v) is 7.66. The summed E-state index contributed by atoms with van der Waals surface area (Å²) in [5.74, 6) is 1.36. The molecule has 36 heavy (non-hydrogen) atoms. The van der Waals surface area contributed by atoms with E-state index in [1.807, 2.05) is 6.92 Å². The first-order valence-corrected chi connectivity index (χ1v) is 11.1. The predicted octanol–water partition coefficient (Wildman–Crippen LogP) is 4.39. The summed E-state index contributed by atoms with van der Waals surface area (Å²) < 4.78 is 32.3. The van der Waals surface area contributed by atoms with Crippen molar-refractivity contribution in [2.75, 3.05) is 20.5 Å². The number of rotatable bonds is 7. The van der Waals surface area contributed by atoms with Crippen LogP contribution in [0.15, 0.2) is 71.4 Å². The molecule has 0 radical (unpaired) electrons. The molecule has 3 aromatic rings. The molecule has 0 aromatic heterocycles. The lowest BCUT2D eigenvalue weighted by atomic mass is 10.1. The average molecular weight is 487 g/mol. The number of nitrogens with zero attached hydrogens (tertiary/aromatic N) is 1. The average Bonchev–Trinajstić information content (AvgIpc) is 3.51. The number of cyclic esters (lactones) is 1. The first-order chi connectivity index (χ1) is 17.5. The van der Waals surface area contributed by atoms with Crippen LogP contribution in [0.2, 0.25) is 0 Å². The van der Waals surface area contributed by atoms with E-state index in [-0.39, 0.29) is 24.1 Å². The van der Waals surface area contributed by atoms with Gasteiger partial charge in [-0.1, -0.05) is 6.07 Å². The summed E-state index contributed by atoms with van der Waals surface area (Å²) in [5.41, 5.74) is 1.71. The number of esters is 2. The van der Waals surface area contributed by atoms with Crippen LogP contribution in [0.25, 0.3) is 6.08 Å². The summed E-state index contributed by atoms with van der Waals surface area (Å²) in [7, 11) is 1.57. The summed E-state index contributed by atoms with van der Waals surface area (Å²) in [5, 5.41) is 0. The molecule has 0 fully saturated rings. The van der Waals surface area contributed by atoms with Crippen LogP contribution < -0.4 is 23.7 Å². The second-order valence-electron chi connectivity index (χ2n) is 7.66. The summed E-state index contributed by atoms with van der Waals surface area (Å²) >= 11 is 0. The SMILES string of the molecule is CCOc1cc(/C=C2\N=C(c3ccc(OC)cc3)OC2=O)ccc1OC(=O)c1ccc2c(c1)OCO2. The van der Waals surface area contributed by atoms with Crippen LogP contribution in [0, 0.1) is 0 Å². The highest BCUT2D eigenvalue weighted by Gasteiger charge is 2.25. The Morgan fingerprint density at radius 3 is 2.58 bits per heavy atom. The fourth-order valence-electron chi connectivity index (χ4n) is 3.57. The number of hydrogen-bond donors (Lipinski definition) is 0. The van der Waals surface area contributed by atoms with E-state index in [0.29, 0.717) is 46.3 Å². The maximum atomic E-state index is 12.7. The molecule has 2 aliphatic heterocycles. The van der Waals surface area contributed by atoms with Crippen molar-refractivity contribution in [2.24, 2.45) is 4.99 Å². The molecule has 5 rings (SSSR count). The topological polar surface area (TPSA) is 102 Å². The number of carbonyl (C=O) groups excluding carboxylic acids is 2. The van der Waals surface area contributed by atoms with Crippen molar-refractivity contribution in [3.05, 3.63) is 83.1 Å². The number of carbonyl (C=O) groups is 2. The summed E-state index contributed by atoms with van der Waals surface area (Å²) in [6.07, 6.45) is 1.57. The zero-order valence-electron chi connectivity index (χ0n) is 19.5. The van der Waals surface area contributed by atoms with Gasteiger partial charge in [-0.2, -0.15) is 0 Å². The van der Waals surface area contributed by atoms with E-state index in [1.165, 1.54) is 0 Å². The minimum Gasteiger partial charge on any atom is -0.497 e. The summed E-state index contributed by atoms with van der Waals surface area (Å²) in [6, 6.07) is 16.8. The molecule has 3 aromatic carbocycles. The first kappa shape index (κ1) is 23.0. The van der Waals surface area contributed by atoms with Gasteiger partial charge < -0.3 is 28.4 Å². The molecule has 0 amide bonds. The van der Waals surface area contributed by atoms with Crippen LogP contribution in [-0.2, 0) is 9.53 Å². The van der Waals surface area contributed by atoms with Crippen molar-refractivity contribution in [3.8, 4) is 28.7 Å². The first-order valence-electron chi connectivity index (χ1n) is 11.1. The Morgan fingerprint density at radius 2 is 1.81 bits per heavy atom. The van der Waals surface area contributed by atoms with E-state index in [2.05, 4.69) is 4.99 Å². The Morgan fingerprint density at radius 1 is 1.00 bits per heavy atom. The molecule has 0 unspecified atom stereocenters. The highest BCUT2D eigenvalue weighted by molar-refractivity contribution is 6.12. The fraction of sp³-hybridized carbons (Fsp3) is 0.148. The number of ether oxygens (including phenoxy) is 6.